The molecule has 1 rings (SSSR count). The molecule has 1 aliphatic heterocycles. The first kappa shape index (κ1) is 15.4. The van der Waals surface area contributed by atoms with Crippen molar-refractivity contribution in [1.29, 1.82) is 0 Å². The molecule has 1 N–H and O–H groups in total. The lowest BCUT2D eigenvalue weighted by atomic mass is 10.0. The van der Waals surface area contributed by atoms with Gasteiger partial charge in [0.15, 0.2) is 5.96 Å². The molecule has 3 nitrogen and oxygen atoms in total. The number of nitrogens with one attached hydrogen (secondary N) is 1. The first-order valence-corrected chi connectivity index (χ1v) is 8.15. The van der Waals surface area contributed by atoms with Crippen molar-refractivity contribution < 1.29 is 0 Å². The molecule has 1 heterocycles. The Balaban J connectivity index is 2.41. The summed E-state index contributed by atoms with van der Waals surface area (Å²) in [6.07, 6.45) is 4.59. The van der Waals surface area contributed by atoms with E-state index < -0.39 is 0 Å². The van der Waals surface area contributed by atoms with Crippen LogP contribution in [0.25, 0.3) is 0 Å². The van der Waals surface area contributed by atoms with E-state index in [1.807, 2.05) is 17.8 Å². The van der Waals surface area contributed by atoms with Crippen molar-refractivity contribution in [2.24, 2.45) is 10.9 Å². The summed E-state index contributed by atoms with van der Waals surface area (Å²) >= 11 is 1.89. The van der Waals surface area contributed by atoms with Gasteiger partial charge in [-0.2, -0.15) is 11.8 Å². The van der Waals surface area contributed by atoms with Gasteiger partial charge in [0.1, 0.15) is 0 Å². The molecular weight excluding hydrogens is 242 g/mol. The standard InChI is InChI=1S/C14H27N3S/c1-4-10-18-11-8-16-14(15-5-2)17-9-6-7-13(3)12-17/h4,13H,1,5-12H2,2-3H3,(H,15,16). The molecular formula is C14H27N3S. The molecule has 0 aromatic rings. The summed E-state index contributed by atoms with van der Waals surface area (Å²) in [6.45, 7) is 12.3. The van der Waals surface area contributed by atoms with Gasteiger partial charge in [0.25, 0.3) is 0 Å². The third kappa shape index (κ3) is 5.80. The molecule has 4 heteroatoms. The van der Waals surface area contributed by atoms with E-state index in [0.717, 1.165) is 49.6 Å². The maximum absolute atomic E-state index is 4.72. The number of hydrogen-bond donors (Lipinski definition) is 1. The number of thioether (sulfide) groups is 1. The van der Waals surface area contributed by atoms with Gasteiger partial charge in [0, 0.05) is 31.1 Å². The highest BCUT2D eigenvalue weighted by Crippen LogP contribution is 2.15. The van der Waals surface area contributed by atoms with Crippen LogP contribution < -0.4 is 5.32 Å². The van der Waals surface area contributed by atoms with Crippen molar-refractivity contribution in [1.82, 2.24) is 10.2 Å². The predicted molar refractivity (Wildman–Crippen MR) is 83.5 cm³/mol. The molecule has 1 aliphatic rings. The van der Waals surface area contributed by atoms with Crippen LogP contribution in [0.15, 0.2) is 17.6 Å². The van der Waals surface area contributed by atoms with Crippen molar-refractivity contribution in [3.8, 4) is 0 Å². The summed E-state index contributed by atoms with van der Waals surface area (Å²) in [6, 6.07) is 0. The Labute approximate surface area is 116 Å². The van der Waals surface area contributed by atoms with Crippen LogP contribution in [0.3, 0.4) is 0 Å². The number of aliphatic imine (C=N–C) groups is 1. The Morgan fingerprint density at radius 1 is 1.61 bits per heavy atom. The molecule has 0 saturated carbocycles. The highest BCUT2D eigenvalue weighted by molar-refractivity contribution is 7.99. The molecule has 0 aromatic carbocycles. The van der Waals surface area contributed by atoms with Crippen molar-refractivity contribution >= 4 is 17.7 Å². The highest BCUT2D eigenvalue weighted by Gasteiger charge is 2.18. The predicted octanol–water partition coefficient (Wildman–Crippen LogP) is 2.60. The van der Waals surface area contributed by atoms with Crippen molar-refractivity contribution in [2.45, 2.75) is 26.7 Å². The van der Waals surface area contributed by atoms with Crippen molar-refractivity contribution in [3.05, 3.63) is 12.7 Å². The fraction of sp³-hybridized carbons (Fsp3) is 0.786. The Hall–Kier alpha value is -0.640. The molecule has 1 unspecified atom stereocenters. The van der Waals surface area contributed by atoms with Gasteiger partial charge in [-0.05, 0) is 25.7 Å². The van der Waals surface area contributed by atoms with Gasteiger partial charge in [0.05, 0.1) is 6.54 Å². The summed E-state index contributed by atoms with van der Waals surface area (Å²) in [5.41, 5.74) is 0. The van der Waals surface area contributed by atoms with Gasteiger partial charge in [-0.15, -0.1) is 6.58 Å². The number of nitrogens with zero attached hydrogens (tertiary/aromatic N) is 2. The van der Waals surface area contributed by atoms with Crippen LogP contribution in [0.2, 0.25) is 0 Å². The second-order valence-electron chi connectivity index (χ2n) is 4.79. The van der Waals surface area contributed by atoms with E-state index >= 15 is 0 Å². The molecule has 0 bridgehead atoms. The average molecular weight is 269 g/mol. The maximum atomic E-state index is 4.72. The number of piperidine rings is 1. The van der Waals surface area contributed by atoms with Gasteiger partial charge < -0.3 is 10.2 Å². The van der Waals surface area contributed by atoms with Gasteiger partial charge in [0.2, 0.25) is 0 Å². The molecule has 0 radical (unpaired) electrons. The molecule has 0 spiro atoms. The third-order valence-corrected chi connectivity index (χ3v) is 3.97. The zero-order valence-electron chi connectivity index (χ0n) is 11.8. The molecule has 0 aromatic heterocycles. The lowest BCUT2D eigenvalue weighted by Crippen LogP contribution is -2.46. The third-order valence-electron chi connectivity index (χ3n) is 3.02. The number of rotatable bonds is 6. The second-order valence-corrected chi connectivity index (χ2v) is 5.94. The topological polar surface area (TPSA) is 27.6 Å². The van der Waals surface area contributed by atoms with E-state index in [0.29, 0.717) is 0 Å². The van der Waals surface area contributed by atoms with Gasteiger partial charge >= 0.3 is 0 Å². The van der Waals surface area contributed by atoms with Crippen LogP contribution >= 0.6 is 11.8 Å². The first-order chi connectivity index (χ1) is 8.77. The summed E-state index contributed by atoms with van der Waals surface area (Å²) in [5.74, 6) is 3.98. The Kier molecular flexibility index (Phi) is 7.98. The quantitative estimate of drug-likeness (QED) is 0.348. The Bertz CT molecular complexity index is 266. The van der Waals surface area contributed by atoms with Crippen LogP contribution in [0.1, 0.15) is 26.7 Å². The normalized spacial score (nSPS) is 20.9. The van der Waals surface area contributed by atoms with Crippen LogP contribution in [0.4, 0.5) is 0 Å². The second kappa shape index (κ2) is 9.31. The first-order valence-electron chi connectivity index (χ1n) is 6.99. The smallest absolute Gasteiger partial charge is 0.193 e. The number of hydrogen-bond acceptors (Lipinski definition) is 2. The monoisotopic (exact) mass is 269 g/mol. The molecule has 18 heavy (non-hydrogen) atoms. The van der Waals surface area contributed by atoms with E-state index in [1.165, 1.54) is 12.8 Å². The minimum atomic E-state index is 0.790. The molecule has 0 amide bonds. The van der Waals surface area contributed by atoms with Gasteiger partial charge in [-0.1, -0.05) is 13.0 Å². The minimum absolute atomic E-state index is 0.790. The van der Waals surface area contributed by atoms with E-state index in [1.54, 1.807) is 0 Å². The lowest BCUT2D eigenvalue weighted by molar-refractivity contribution is 0.266. The average Bonchev–Trinajstić information content (AvgIpc) is 2.37. The van der Waals surface area contributed by atoms with Crippen molar-refractivity contribution in [3.63, 3.8) is 0 Å². The summed E-state index contributed by atoms with van der Waals surface area (Å²) in [7, 11) is 0. The van der Waals surface area contributed by atoms with E-state index in [4.69, 9.17) is 4.99 Å². The molecule has 1 fully saturated rings. The molecule has 104 valence electrons. The minimum Gasteiger partial charge on any atom is -0.357 e. The number of likely N-dealkylation sites (tertiary alicyclic amines) is 1. The fourth-order valence-corrected chi connectivity index (χ4v) is 2.74. The van der Waals surface area contributed by atoms with E-state index in [-0.39, 0.29) is 0 Å². The van der Waals surface area contributed by atoms with E-state index in [9.17, 15) is 0 Å². The largest absolute Gasteiger partial charge is 0.357 e. The zero-order chi connectivity index (χ0) is 13.2. The number of guanidine groups is 1. The van der Waals surface area contributed by atoms with Crippen LogP contribution in [0.5, 0.6) is 0 Å². The van der Waals surface area contributed by atoms with Crippen LogP contribution in [-0.4, -0.2) is 48.5 Å². The molecule has 1 saturated heterocycles. The Morgan fingerprint density at radius 3 is 3.11 bits per heavy atom. The Morgan fingerprint density at radius 2 is 2.44 bits per heavy atom. The zero-order valence-corrected chi connectivity index (χ0v) is 12.6. The van der Waals surface area contributed by atoms with Gasteiger partial charge in [-0.25, -0.2) is 0 Å². The maximum Gasteiger partial charge on any atom is 0.193 e. The van der Waals surface area contributed by atoms with Crippen LogP contribution in [-0.2, 0) is 0 Å². The molecule has 1 atom stereocenters. The summed E-state index contributed by atoms with van der Waals surface area (Å²) in [4.78, 5) is 7.13. The molecule has 0 aliphatic carbocycles. The fourth-order valence-electron chi connectivity index (χ4n) is 2.19. The van der Waals surface area contributed by atoms with Crippen LogP contribution in [0, 0.1) is 5.92 Å². The van der Waals surface area contributed by atoms with Gasteiger partial charge in [-0.3, -0.25) is 4.99 Å². The SMILES string of the molecule is C=CCSCCN=C(NCC)N1CCCC(C)C1. The lowest BCUT2D eigenvalue weighted by Gasteiger charge is -2.33. The highest BCUT2D eigenvalue weighted by atomic mass is 32.2. The summed E-state index contributed by atoms with van der Waals surface area (Å²) < 4.78 is 0. The van der Waals surface area contributed by atoms with E-state index in [2.05, 4.69) is 30.6 Å². The summed E-state index contributed by atoms with van der Waals surface area (Å²) in [5, 5.41) is 3.41. The van der Waals surface area contributed by atoms with Crippen molar-refractivity contribution in [2.75, 3.05) is 37.7 Å².